The number of nitrogens with zero attached hydrogens (tertiary/aromatic N) is 4. The van der Waals surface area contributed by atoms with Crippen LogP contribution in [0.1, 0.15) is 43.6 Å². The molecule has 142 valence electrons. The second kappa shape index (κ2) is 9.22. The van der Waals surface area contributed by atoms with Crippen molar-refractivity contribution < 1.29 is 0 Å². The van der Waals surface area contributed by atoms with Crippen molar-refractivity contribution in [2.75, 3.05) is 33.2 Å². The van der Waals surface area contributed by atoms with Gasteiger partial charge in [-0.15, -0.1) is 0 Å². The van der Waals surface area contributed by atoms with E-state index in [1.54, 1.807) is 0 Å². The quantitative estimate of drug-likeness (QED) is 0.583. The molecule has 2 rings (SSSR count). The number of aromatic nitrogens is 2. The third kappa shape index (κ3) is 5.73. The summed E-state index contributed by atoms with van der Waals surface area (Å²) < 4.78 is 1.96. The maximum absolute atomic E-state index is 4.51. The lowest BCUT2D eigenvalue weighted by molar-refractivity contribution is 0.287. The number of nitrogens with one attached hydrogen (secondary N) is 2. The van der Waals surface area contributed by atoms with E-state index in [1.807, 2.05) is 18.8 Å². The number of aryl methyl sites for hydroxylation is 2. The maximum atomic E-state index is 4.51. The Hall–Kier alpha value is -1.56. The molecular formula is C19H36N6. The Bertz CT molecular complexity index is 571. The lowest BCUT2D eigenvalue weighted by atomic mass is 10.1. The Kier molecular flexibility index (Phi) is 7.29. The molecule has 1 saturated heterocycles. The smallest absolute Gasteiger partial charge is 0.191 e. The first-order valence-electron chi connectivity index (χ1n) is 9.59. The molecule has 0 saturated carbocycles. The van der Waals surface area contributed by atoms with Crippen LogP contribution in [0, 0.1) is 19.8 Å². The van der Waals surface area contributed by atoms with E-state index >= 15 is 0 Å². The molecule has 0 radical (unpaired) electrons. The summed E-state index contributed by atoms with van der Waals surface area (Å²) in [6.07, 6.45) is 3.66. The number of hydrogen-bond donors (Lipinski definition) is 2. The standard InChI is InChI=1S/C19H36N6/c1-14(13-25-9-7-8-10-25)12-21-19(20-5)22-15(2)11-18-16(3)23-24(6)17(18)4/h14-15H,7-13H2,1-6H3,(H2,20,21,22). The second-order valence-corrected chi connectivity index (χ2v) is 7.59. The van der Waals surface area contributed by atoms with Gasteiger partial charge < -0.3 is 15.5 Å². The molecule has 0 aliphatic carbocycles. The largest absolute Gasteiger partial charge is 0.356 e. The van der Waals surface area contributed by atoms with Gasteiger partial charge in [0.05, 0.1) is 5.69 Å². The number of hydrogen-bond acceptors (Lipinski definition) is 3. The molecule has 1 aliphatic rings. The van der Waals surface area contributed by atoms with Crippen LogP contribution in [0.5, 0.6) is 0 Å². The molecular weight excluding hydrogens is 312 g/mol. The average molecular weight is 349 g/mol. The van der Waals surface area contributed by atoms with Crippen LogP contribution in [0.3, 0.4) is 0 Å². The fourth-order valence-corrected chi connectivity index (χ4v) is 3.64. The summed E-state index contributed by atoms with van der Waals surface area (Å²) in [5.74, 6) is 1.51. The van der Waals surface area contributed by atoms with Crippen molar-refractivity contribution in [2.24, 2.45) is 18.0 Å². The highest BCUT2D eigenvalue weighted by molar-refractivity contribution is 5.79. The maximum Gasteiger partial charge on any atom is 0.191 e. The molecule has 0 aromatic carbocycles. The van der Waals surface area contributed by atoms with Crippen molar-refractivity contribution in [3.05, 3.63) is 17.0 Å². The van der Waals surface area contributed by atoms with E-state index < -0.39 is 0 Å². The SMILES string of the molecule is CN=C(NCC(C)CN1CCCC1)NC(C)Cc1c(C)nn(C)c1C. The summed E-state index contributed by atoms with van der Waals surface area (Å²) in [6, 6.07) is 0.307. The molecule has 1 aromatic rings. The first-order valence-corrected chi connectivity index (χ1v) is 9.59. The van der Waals surface area contributed by atoms with Gasteiger partial charge >= 0.3 is 0 Å². The first kappa shape index (κ1) is 19.8. The molecule has 0 amide bonds. The summed E-state index contributed by atoms with van der Waals surface area (Å²) in [5, 5.41) is 11.5. The van der Waals surface area contributed by atoms with Gasteiger partial charge in [0.2, 0.25) is 0 Å². The Morgan fingerprint density at radius 3 is 2.48 bits per heavy atom. The third-order valence-corrected chi connectivity index (χ3v) is 5.16. The lowest BCUT2D eigenvalue weighted by Gasteiger charge is -2.23. The summed E-state index contributed by atoms with van der Waals surface area (Å²) in [6.45, 7) is 13.4. The van der Waals surface area contributed by atoms with Crippen molar-refractivity contribution in [3.8, 4) is 0 Å². The van der Waals surface area contributed by atoms with Crippen LogP contribution in [-0.2, 0) is 13.5 Å². The summed E-state index contributed by atoms with van der Waals surface area (Å²) >= 11 is 0. The zero-order valence-electron chi connectivity index (χ0n) is 16.9. The molecule has 2 heterocycles. The molecule has 6 heteroatoms. The fourth-order valence-electron chi connectivity index (χ4n) is 3.64. The monoisotopic (exact) mass is 348 g/mol. The fraction of sp³-hybridized carbons (Fsp3) is 0.789. The normalized spacial score (nSPS) is 18.4. The summed E-state index contributed by atoms with van der Waals surface area (Å²) in [5.41, 5.74) is 3.70. The highest BCUT2D eigenvalue weighted by Crippen LogP contribution is 2.14. The molecule has 0 bridgehead atoms. The molecule has 2 unspecified atom stereocenters. The van der Waals surface area contributed by atoms with Crippen LogP contribution < -0.4 is 10.6 Å². The van der Waals surface area contributed by atoms with E-state index in [4.69, 9.17) is 0 Å². The van der Waals surface area contributed by atoms with Gasteiger partial charge in [-0.25, -0.2) is 0 Å². The van der Waals surface area contributed by atoms with E-state index in [0.717, 1.165) is 24.6 Å². The van der Waals surface area contributed by atoms with Gasteiger partial charge in [0.15, 0.2) is 5.96 Å². The van der Waals surface area contributed by atoms with E-state index in [2.05, 4.69) is 53.3 Å². The third-order valence-electron chi connectivity index (χ3n) is 5.16. The van der Waals surface area contributed by atoms with E-state index in [1.165, 1.54) is 43.7 Å². The molecule has 25 heavy (non-hydrogen) atoms. The second-order valence-electron chi connectivity index (χ2n) is 7.59. The van der Waals surface area contributed by atoms with E-state index in [9.17, 15) is 0 Å². The molecule has 2 atom stereocenters. The van der Waals surface area contributed by atoms with Gasteiger partial charge in [-0.1, -0.05) is 6.92 Å². The average Bonchev–Trinajstić information content (AvgIpc) is 3.15. The Labute approximate surface area is 153 Å². The van der Waals surface area contributed by atoms with E-state index in [0.29, 0.717) is 12.0 Å². The van der Waals surface area contributed by atoms with Gasteiger partial charge in [-0.2, -0.15) is 5.10 Å². The van der Waals surface area contributed by atoms with Crippen molar-refractivity contribution in [1.82, 2.24) is 25.3 Å². The van der Waals surface area contributed by atoms with Gasteiger partial charge in [-0.3, -0.25) is 9.67 Å². The Balaban J connectivity index is 1.78. The lowest BCUT2D eigenvalue weighted by Crippen LogP contribution is -2.45. The van der Waals surface area contributed by atoms with Crippen LogP contribution in [0.25, 0.3) is 0 Å². The summed E-state index contributed by atoms with van der Waals surface area (Å²) in [7, 11) is 3.85. The molecule has 1 aromatic heterocycles. The molecule has 1 fully saturated rings. The molecule has 1 aliphatic heterocycles. The van der Waals surface area contributed by atoms with Crippen molar-refractivity contribution >= 4 is 5.96 Å². The van der Waals surface area contributed by atoms with Crippen LogP contribution in [0.4, 0.5) is 0 Å². The minimum atomic E-state index is 0.307. The Morgan fingerprint density at radius 2 is 1.92 bits per heavy atom. The molecule has 6 nitrogen and oxygen atoms in total. The van der Waals surface area contributed by atoms with Crippen LogP contribution >= 0.6 is 0 Å². The first-order chi connectivity index (χ1) is 11.9. The zero-order valence-corrected chi connectivity index (χ0v) is 16.9. The van der Waals surface area contributed by atoms with Gasteiger partial charge in [0, 0.05) is 38.9 Å². The summed E-state index contributed by atoms with van der Waals surface area (Å²) in [4.78, 5) is 6.95. The van der Waals surface area contributed by atoms with Gasteiger partial charge in [-0.05, 0) is 64.6 Å². The minimum Gasteiger partial charge on any atom is -0.356 e. The number of aliphatic imine (C=N–C) groups is 1. The minimum absolute atomic E-state index is 0.307. The Morgan fingerprint density at radius 1 is 1.24 bits per heavy atom. The van der Waals surface area contributed by atoms with Crippen LogP contribution in [-0.4, -0.2) is 59.9 Å². The van der Waals surface area contributed by atoms with Gasteiger partial charge in [0.1, 0.15) is 0 Å². The highest BCUT2D eigenvalue weighted by atomic mass is 15.3. The molecule has 0 spiro atoms. The zero-order chi connectivity index (χ0) is 18.4. The predicted molar refractivity (Wildman–Crippen MR) is 105 cm³/mol. The van der Waals surface area contributed by atoms with Crippen molar-refractivity contribution in [2.45, 2.75) is 53.0 Å². The van der Waals surface area contributed by atoms with Crippen LogP contribution in [0.15, 0.2) is 4.99 Å². The van der Waals surface area contributed by atoms with E-state index in [-0.39, 0.29) is 0 Å². The highest BCUT2D eigenvalue weighted by Gasteiger charge is 2.16. The number of likely N-dealkylation sites (tertiary alicyclic amines) is 1. The van der Waals surface area contributed by atoms with Gasteiger partial charge in [0.25, 0.3) is 0 Å². The van der Waals surface area contributed by atoms with Crippen molar-refractivity contribution in [3.63, 3.8) is 0 Å². The molecule has 2 N–H and O–H groups in total. The number of guanidine groups is 1. The van der Waals surface area contributed by atoms with Crippen LogP contribution in [0.2, 0.25) is 0 Å². The predicted octanol–water partition coefficient (Wildman–Crippen LogP) is 1.86. The topological polar surface area (TPSA) is 57.5 Å². The van der Waals surface area contributed by atoms with Crippen molar-refractivity contribution in [1.29, 1.82) is 0 Å². The number of rotatable bonds is 7.